The van der Waals surface area contributed by atoms with Crippen LogP contribution in [0.5, 0.6) is 0 Å². The molecule has 0 atom stereocenters. The van der Waals surface area contributed by atoms with Crippen LogP contribution in [0, 0.1) is 0 Å². The molecule has 2 aromatic heterocycles. The maximum atomic E-state index is 5.30. The molecule has 0 unspecified atom stereocenters. The van der Waals surface area contributed by atoms with Gasteiger partial charge in [0.25, 0.3) is 0 Å². The fraction of sp³-hybridized carbons (Fsp3) is 0.400. The molecular formula is C10H12N4O. The SMILES string of the molecule is c1nc2nc(N3CCOCC3)ccc2[nH]1. The second-order valence-corrected chi connectivity index (χ2v) is 3.54. The Morgan fingerprint density at radius 1 is 1.27 bits per heavy atom. The first-order valence-corrected chi connectivity index (χ1v) is 5.06. The first-order chi connectivity index (χ1) is 7.43. The minimum atomic E-state index is 0.777. The first kappa shape index (κ1) is 8.67. The van der Waals surface area contributed by atoms with Crippen molar-refractivity contribution in [1.29, 1.82) is 0 Å². The summed E-state index contributed by atoms with van der Waals surface area (Å²) < 4.78 is 5.30. The van der Waals surface area contributed by atoms with Crippen LogP contribution in [0.25, 0.3) is 11.2 Å². The molecule has 1 saturated heterocycles. The van der Waals surface area contributed by atoms with E-state index in [-0.39, 0.29) is 0 Å². The lowest BCUT2D eigenvalue weighted by molar-refractivity contribution is 0.122. The number of ether oxygens (including phenoxy) is 1. The van der Waals surface area contributed by atoms with Crippen LogP contribution in [-0.2, 0) is 4.74 Å². The molecule has 0 amide bonds. The van der Waals surface area contributed by atoms with E-state index in [2.05, 4.69) is 19.9 Å². The molecule has 0 spiro atoms. The summed E-state index contributed by atoms with van der Waals surface area (Å²) >= 11 is 0. The van der Waals surface area contributed by atoms with Gasteiger partial charge in [-0.2, -0.15) is 0 Å². The fourth-order valence-electron chi connectivity index (χ4n) is 1.78. The van der Waals surface area contributed by atoms with E-state index in [9.17, 15) is 0 Å². The van der Waals surface area contributed by atoms with Gasteiger partial charge in [-0.15, -0.1) is 0 Å². The molecule has 5 heteroatoms. The molecule has 3 rings (SSSR count). The first-order valence-electron chi connectivity index (χ1n) is 5.06. The molecule has 0 bridgehead atoms. The van der Waals surface area contributed by atoms with Gasteiger partial charge in [0, 0.05) is 13.1 Å². The van der Waals surface area contributed by atoms with Gasteiger partial charge in [0.05, 0.1) is 25.1 Å². The zero-order valence-corrected chi connectivity index (χ0v) is 8.31. The van der Waals surface area contributed by atoms with Crippen LogP contribution in [0.3, 0.4) is 0 Å². The van der Waals surface area contributed by atoms with Crippen molar-refractivity contribution in [2.45, 2.75) is 0 Å². The van der Waals surface area contributed by atoms with Gasteiger partial charge in [-0.05, 0) is 12.1 Å². The van der Waals surface area contributed by atoms with Crippen LogP contribution in [-0.4, -0.2) is 41.3 Å². The second kappa shape index (κ2) is 3.51. The highest BCUT2D eigenvalue weighted by Gasteiger charge is 2.12. The molecule has 1 fully saturated rings. The molecule has 78 valence electrons. The van der Waals surface area contributed by atoms with Crippen LogP contribution in [0.1, 0.15) is 0 Å². The van der Waals surface area contributed by atoms with E-state index in [0.29, 0.717) is 0 Å². The van der Waals surface area contributed by atoms with Gasteiger partial charge in [-0.1, -0.05) is 0 Å². The molecule has 15 heavy (non-hydrogen) atoms. The quantitative estimate of drug-likeness (QED) is 0.746. The predicted octanol–water partition coefficient (Wildman–Crippen LogP) is 0.794. The van der Waals surface area contributed by atoms with Crippen LogP contribution in [0.15, 0.2) is 18.5 Å². The van der Waals surface area contributed by atoms with E-state index in [1.807, 2.05) is 12.1 Å². The van der Waals surface area contributed by atoms with Crippen LogP contribution in [0.2, 0.25) is 0 Å². The van der Waals surface area contributed by atoms with Crippen molar-refractivity contribution in [2.24, 2.45) is 0 Å². The number of H-pyrrole nitrogens is 1. The van der Waals surface area contributed by atoms with Gasteiger partial charge in [0.1, 0.15) is 5.82 Å². The monoisotopic (exact) mass is 204 g/mol. The smallest absolute Gasteiger partial charge is 0.179 e. The van der Waals surface area contributed by atoms with Gasteiger partial charge < -0.3 is 14.6 Å². The minimum Gasteiger partial charge on any atom is -0.378 e. The number of morpholine rings is 1. The number of fused-ring (bicyclic) bond motifs is 1. The van der Waals surface area contributed by atoms with E-state index >= 15 is 0 Å². The van der Waals surface area contributed by atoms with Crippen LogP contribution < -0.4 is 4.90 Å². The summed E-state index contributed by atoms with van der Waals surface area (Å²) in [7, 11) is 0. The molecule has 1 N–H and O–H groups in total. The summed E-state index contributed by atoms with van der Waals surface area (Å²) in [6, 6.07) is 4.03. The van der Waals surface area contributed by atoms with Crippen molar-refractivity contribution >= 4 is 17.0 Å². The summed E-state index contributed by atoms with van der Waals surface area (Å²) in [6.07, 6.45) is 1.67. The van der Waals surface area contributed by atoms with Crippen molar-refractivity contribution in [2.75, 3.05) is 31.2 Å². The van der Waals surface area contributed by atoms with Crippen molar-refractivity contribution in [3.8, 4) is 0 Å². The predicted molar refractivity (Wildman–Crippen MR) is 56.9 cm³/mol. The molecule has 0 saturated carbocycles. The number of rotatable bonds is 1. The van der Waals surface area contributed by atoms with Crippen LogP contribution in [0.4, 0.5) is 5.82 Å². The number of nitrogens with zero attached hydrogens (tertiary/aromatic N) is 3. The Labute approximate surface area is 87.1 Å². The molecule has 5 nitrogen and oxygen atoms in total. The molecule has 1 aliphatic rings. The lowest BCUT2D eigenvalue weighted by atomic mass is 10.3. The summed E-state index contributed by atoms with van der Waals surface area (Å²) in [5.74, 6) is 0.984. The molecule has 0 aromatic carbocycles. The zero-order valence-electron chi connectivity index (χ0n) is 8.31. The Morgan fingerprint density at radius 3 is 3.00 bits per heavy atom. The highest BCUT2D eigenvalue weighted by atomic mass is 16.5. The van der Waals surface area contributed by atoms with Crippen molar-refractivity contribution in [3.63, 3.8) is 0 Å². The molecule has 0 radical (unpaired) electrons. The Bertz CT molecular complexity index is 461. The standard InChI is InChI=1S/C10H12N4O/c1-2-9(14-3-5-15-6-4-14)13-10-8(1)11-7-12-10/h1-2,7H,3-6H2,(H,11,12,13). The van der Waals surface area contributed by atoms with E-state index < -0.39 is 0 Å². The molecule has 3 heterocycles. The van der Waals surface area contributed by atoms with E-state index in [4.69, 9.17) is 4.74 Å². The Morgan fingerprint density at radius 2 is 2.13 bits per heavy atom. The largest absolute Gasteiger partial charge is 0.378 e. The summed E-state index contributed by atoms with van der Waals surface area (Å²) in [6.45, 7) is 3.37. The Kier molecular flexibility index (Phi) is 2.03. The lowest BCUT2D eigenvalue weighted by Crippen LogP contribution is -2.36. The molecule has 0 aliphatic carbocycles. The number of imidazole rings is 1. The number of aromatic amines is 1. The normalized spacial score (nSPS) is 17.2. The van der Waals surface area contributed by atoms with Gasteiger partial charge in [-0.25, -0.2) is 9.97 Å². The highest BCUT2D eigenvalue weighted by Crippen LogP contribution is 2.16. The third-order valence-electron chi connectivity index (χ3n) is 2.60. The number of hydrogen-bond acceptors (Lipinski definition) is 4. The summed E-state index contributed by atoms with van der Waals surface area (Å²) in [5, 5.41) is 0. The number of pyridine rings is 1. The maximum absolute atomic E-state index is 5.30. The average molecular weight is 204 g/mol. The topological polar surface area (TPSA) is 54.0 Å². The minimum absolute atomic E-state index is 0.777. The third kappa shape index (κ3) is 1.55. The maximum Gasteiger partial charge on any atom is 0.179 e. The lowest BCUT2D eigenvalue weighted by Gasteiger charge is -2.27. The fourth-order valence-corrected chi connectivity index (χ4v) is 1.78. The number of aromatic nitrogens is 3. The van der Waals surface area contributed by atoms with Gasteiger partial charge in [0.15, 0.2) is 5.65 Å². The number of nitrogens with one attached hydrogen (secondary N) is 1. The third-order valence-corrected chi connectivity index (χ3v) is 2.60. The number of hydrogen-bond donors (Lipinski definition) is 1. The van der Waals surface area contributed by atoms with E-state index in [1.165, 1.54) is 0 Å². The van der Waals surface area contributed by atoms with Gasteiger partial charge in [-0.3, -0.25) is 0 Å². The van der Waals surface area contributed by atoms with E-state index in [0.717, 1.165) is 43.3 Å². The Balaban J connectivity index is 1.95. The van der Waals surface area contributed by atoms with Crippen molar-refractivity contribution < 1.29 is 4.74 Å². The zero-order chi connectivity index (χ0) is 10.1. The molecular weight excluding hydrogens is 192 g/mol. The van der Waals surface area contributed by atoms with E-state index in [1.54, 1.807) is 6.33 Å². The average Bonchev–Trinajstić information content (AvgIpc) is 2.77. The van der Waals surface area contributed by atoms with Crippen LogP contribution >= 0.6 is 0 Å². The van der Waals surface area contributed by atoms with Gasteiger partial charge >= 0.3 is 0 Å². The molecule has 1 aliphatic heterocycles. The second-order valence-electron chi connectivity index (χ2n) is 3.54. The van der Waals surface area contributed by atoms with Crippen molar-refractivity contribution in [1.82, 2.24) is 15.0 Å². The summed E-state index contributed by atoms with van der Waals surface area (Å²) in [4.78, 5) is 13.9. The molecule has 2 aromatic rings. The Hall–Kier alpha value is -1.62. The van der Waals surface area contributed by atoms with Gasteiger partial charge in [0.2, 0.25) is 0 Å². The van der Waals surface area contributed by atoms with Crippen molar-refractivity contribution in [3.05, 3.63) is 18.5 Å². The highest BCUT2D eigenvalue weighted by molar-refractivity contribution is 5.72. The number of anilines is 1. The summed E-state index contributed by atoms with van der Waals surface area (Å²) in [5.41, 5.74) is 1.76.